The number of aliphatic imine (C=N–C) groups is 1. The first-order valence-electron chi connectivity index (χ1n) is 6.78. The van der Waals surface area contributed by atoms with Crippen LogP contribution in [0.25, 0.3) is 0 Å². The largest absolute Gasteiger partial charge is 0.356 e. The smallest absolute Gasteiger partial charge is 0.239 e. The molecule has 0 atom stereocenters. The Labute approximate surface area is 124 Å². The molecule has 0 spiro atoms. The van der Waals surface area contributed by atoms with Gasteiger partial charge in [-0.15, -0.1) is 11.3 Å². The number of carbonyl (C=O) groups is 1. The van der Waals surface area contributed by atoms with Gasteiger partial charge in [0.05, 0.1) is 17.2 Å². The molecule has 0 unspecified atom stereocenters. The molecule has 7 heteroatoms. The SMILES string of the molecule is CCCNC(=O)CNC(=NC)NCCc1csc(C)n1. The van der Waals surface area contributed by atoms with E-state index in [0.717, 1.165) is 30.1 Å². The van der Waals surface area contributed by atoms with E-state index in [2.05, 4.69) is 31.3 Å². The summed E-state index contributed by atoms with van der Waals surface area (Å²) in [6, 6.07) is 0. The first-order valence-corrected chi connectivity index (χ1v) is 7.66. The fraction of sp³-hybridized carbons (Fsp3) is 0.615. The van der Waals surface area contributed by atoms with Crippen LogP contribution in [0.5, 0.6) is 0 Å². The van der Waals surface area contributed by atoms with Gasteiger partial charge in [0.25, 0.3) is 0 Å². The van der Waals surface area contributed by atoms with Crippen LogP contribution in [-0.4, -0.2) is 43.5 Å². The molecule has 1 amide bonds. The molecule has 3 N–H and O–H groups in total. The minimum atomic E-state index is -0.0232. The second kappa shape index (κ2) is 9.30. The van der Waals surface area contributed by atoms with E-state index in [0.29, 0.717) is 12.5 Å². The number of hydrogen-bond acceptors (Lipinski definition) is 4. The lowest BCUT2D eigenvalue weighted by Gasteiger charge is -2.11. The number of nitrogens with one attached hydrogen (secondary N) is 3. The summed E-state index contributed by atoms with van der Waals surface area (Å²) in [5, 5.41) is 12.1. The van der Waals surface area contributed by atoms with Gasteiger partial charge in [0.2, 0.25) is 5.91 Å². The van der Waals surface area contributed by atoms with E-state index >= 15 is 0 Å². The van der Waals surface area contributed by atoms with Crippen molar-refractivity contribution in [2.24, 2.45) is 4.99 Å². The molecule has 1 aromatic heterocycles. The van der Waals surface area contributed by atoms with Gasteiger partial charge in [-0.25, -0.2) is 4.98 Å². The fourth-order valence-corrected chi connectivity index (χ4v) is 2.19. The van der Waals surface area contributed by atoms with Crippen LogP contribution in [0.4, 0.5) is 0 Å². The molecule has 0 aromatic carbocycles. The van der Waals surface area contributed by atoms with E-state index in [4.69, 9.17) is 0 Å². The number of carbonyl (C=O) groups excluding carboxylic acids is 1. The normalized spacial score (nSPS) is 11.2. The van der Waals surface area contributed by atoms with Crippen LogP contribution in [0.15, 0.2) is 10.4 Å². The van der Waals surface area contributed by atoms with E-state index in [1.165, 1.54) is 0 Å². The summed E-state index contributed by atoms with van der Waals surface area (Å²) in [6.07, 6.45) is 1.78. The molecule has 0 aliphatic rings. The van der Waals surface area contributed by atoms with Gasteiger partial charge < -0.3 is 16.0 Å². The first-order chi connectivity index (χ1) is 9.65. The topological polar surface area (TPSA) is 78.4 Å². The lowest BCUT2D eigenvalue weighted by atomic mass is 10.3. The molecule has 6 nitrogen and oxygen atoms in total. The third-order valence-corrected chi connectivity index (χ3v) is 3.37. The van der Waals surface area contributed by atoms with Gasteiger partial charge >= 0.3 is 0 Å². The van der Waals surface area contributed by atoms with Crippen LogP contribution in [0.3, 0.4) is 0 Å². The van der Waals surface area contributed by atoms with Crippen LogP contribution in [0, 0.1) is 6.92 Å². The predicted molar refractivity (Wildman–Crippen MR) is 83.2 cm³/mol. The van der Waals surface area contributed by atoms with Gasteiger partial charge in [0, 0.05) is 31.9 Å². The van der Waals surface area contributed by atoms with E-state index in [9.17, 15) is 4.79 Å². The van der Waals surface area contributed by atoms with Crippen molar-refractivity contribution in [3.63, 3.8) is 0 Å². The molecule has 0 bridgehead atoms. The number of rotatable bonds is 7. The molecule has 0 saturated carbocycles. The lowest BCUT2D eigenvalue weighted by Crippen LogP contribution is -2.43. The maximum absolute atomic E-state index is 11.5. The molecule has 0 saturated heterocycles. The molecule has 20 heavy (non-hydrogen) atoms. The average molecular weight is 297 g/mol. The molecule has 112 valence electrons. The Morgan fingerprint density at radius 1 is 1.35 bits per heavy atom. The summed E-state index contributed by atoms with van der Waals surface area (Å²) < 4.78 is 0. The highest BCUT2D eigenvalue weighted by Crippen LogP contribution is 2.07. The lowest BCUT2D eigenvalue weighted by molar-refractivity contribution is -0.120. The number of thiazole rings is 1. The Hall–Kier alpha value is -1.63. The Bertz CT molecular complexity index is 444. The third kappa shape index (κ3) is 6.51. The predicted octanol–water partition coefficient (Wildman–Crippen LogP) is 0.685. The molecule has 1 rings (SSSR count). The highest BCUT2D eigenvalue weighted by Gasteiger charge is 2.03. The van der Waals surface area contributed by atoms with Crippen molar-refractivity contribution >= 4 is 23.2 Å². The highest BCUT2D eigenvalue weighted by molar-refractivity contribution is 7.09. The minimum absolute atomic E-state index is 0.0232. The monoisotopic (exact) mass is 297 g/mol. The first kappa shape index (κ1) is 16.4. The number of nitrogens with zero attached hydrogens (tertiary/aromatic N) is 2. The van der Waals surface area contributed by atoms with E-state index in [1.807, 2.05) is 13.8 Å². The van der Waals surface area contributed by atoms with Gasteiger partial charge in [0.15, 0.2) is 5.96 Å². The van der Waals surface area contributed by atoms with Crippen molar-refractivity contribution in [2.75, 3.05) is 26.7 Å². The Morgan fingerprint density at radius 3 is 2.75 bits per heavy atom. The van der Waals surface area contributed by atoms with E-state index in [1.54, 1.807) is 18.4 Å². The zero-order valence-electron chi connectivity index (χ0n) is 12.3. The number of aryl methyl sites for hydroxylation is 1. The second-order valence-corrected chi connectivity index (χ2v) is 5.37. The van der Waals surface area contributed by atoms with Crippen molar-refractivity contribution in [3.05, 3.63) is 16.1 Å². The van der Waals surface area contributed by atoms with Crippen molar-refractivity contribution in [1.82, 2.24) is 20.9 Å². The van der Waals surface area contributed by atoms with Crippen molar-refractivity contribution < 1.29 is 4.79 Å². The van der Waals surface area contributed by atoms with Gasteiger partial charge in [-0.1, -0.05) is 6.92 Å². The third-order valence-electron chi connectivity index (χ3n) is 2.55. The maximum Gasteiger partial charge on any atom is 0.239 e. The van der Waals surface area contributed by atoms with Crippen LogP contribution >= 0.6 is 11.3 Å². The summed E-state index contributed by atoms with van der Waals surface area (Å²) in [7, 11) is 1.69. The zero-order valence-corrected chi connectivity index (χ0v) is 13.1. The summed E-state index contributed by atoms with van der Waals surface area (Å²) in [6.45, 7) is 5.69. The van der Waals surface area contributed by atoms with E-state index < -0.39 is 0 Å². The summed E-state index contributed by atoms with van der Waals surface area (Å²) in [5.74, 6) is 0.605. The van der Waals surface area contributed by atoms with Gasteiger partial charge in [-0.3, -0.25) is 9.79 Å². The number of guanidine groups is 1. The fourth-order valence-electron chi connectivity index (χ4n) is 1.54. The van der Waals surface area contributed by atoms with Gasteiger partial charge in [-0.05, 0) is 13.3 Å². The number of hydrogen-bond donors (Lipinski definition) is 3. The van der Waals surface area contributed by atoms with Crippen molar-refractivity contribution in [1.29, 1.82) is 0 Å². The van der Waals surface area contributed by atoms with E-state index in [-0.39, 0.29) is 12.5 Å². The summed E-state index contributed by atoms with van der Waals surface area (Å²) >= 11 is 1.65. The molecule has 1 heterocycles. The quantitative estimate of drug-likeness (QED) is 0.511. The second-order valence-electron chi connectivity index (χ2n) is 4.31. The Kier molecular flexibility index (Phi) is 7.64. The van der Waals surface area contributed by atoms with Crippen molar-refractivity contribution in [3.8, 4) is 0 Å². The maximum atomic E-state index is 11.5. The molecular weight excluding hydrogens is 274 g/mol. The average Bonchev–Trinajstić information content (AvgIpc) is 2.85. The van der Waals surface area contributed by atoms with Crippen LogP contribution in [0.1, 0.15) is 24.0 Å². The molecule has 1 aromatic rings. The van der Waals surface area contributed by atoms with Crippen LogP contribution < -0.4 is 16.0 Å². The van der Waals surface area contributed by atoms with Gasteiger partial charge in [-0.2, -0.15) is 0 Å². The summed E-state index contributed by atoms with van der Waals surface area (Å²) in [5.41, 5.74) is 1.08. The van der Waals surface area contributed by atoms with Crippen molar-refractivity contribution in [2.45, 2.75) is 26.7 Å². The molecular formula is C13H23N5OS. The molecule has 0 aliphatic carbocycles. The van der Waals surface area contributed by atoms with Crippen LogP contribution in [0.2, 0.25) is 0 Å². The number of aromatic nitrogens is 1. The molecule has 0 aliphatic heterocycles. The Balaban J connectivity index is 2.21. The Morgan fingerprint density at radius 2 is 2.15 bits per heavy atom. The number of amides is 1. The highest BCUT2D eigenvalue weighted by atomic mass is 32.1. The molecule has 0 radical (unpaired) electrons. The zero-order chi connectivity index (χ0) is 14.8. The molecule has 0 fully saturated rings. The van der Waals surface area contributed by atoms with Crippen LogP contribution in [-0.2, 0) is 11.2 Å². The van der Waals surface area contributed by atoms with Gasteiger partial charge in [0.1, 0.15) is 0 Å². The standard InChI is InChI=1S/C13H23N5OS/c1-4-6-15-12(19)8-17-13(14-3)16-7-5-11-9-20-10(2)18-11/h9H,4-8H2,1-3H3,(H,15,19)(H2,14,16,17). The summed E-state index contributed by atoms with van der Waals surface area (Å²) in [4.78, 5) is 19.9. The minimum Gasteiger partial charge on any atom is -0.356 e.